The van der Waals surface area contributed by atoms with Crippen LogP contribution in [0, 0.1) is 5.82 Å². The van der Waals surface area contributed by atoms with E-state index in [0.29, 0.717) is 13.1 Å². The van der Waals surface area contributed by atoms with Gasteiger partial charge in [0.15, 0.2) is 5.96 Å². The maximum atomic E-state index is 13.3. The van der Waals surface area contributed by atoms with Crippen LogP contribution in [0.15, 0.2) is 47.6 Å². The molecule has 0 unspecified atom stereocenters. The number of halogens is 1. The summed E-state index contributed by atoms with van der Waals surface area (Å²) in [6.45, 7) is 6.31. The number of benzene rings is 1. The van der Waals surface area contributed by atoms with Gasteiger partial charge in [-0.15, -0.1) is 0 Å². The number of aromatic nitrogens is 1. The highest BCUT2D eigenvalue weighted by molar-refractivity contribution is 5.79. The van der Waals surface area contributed by atoms with Crippen LogP contribution < -0.4 is 15.5 Å². The number of aliphatic imine (C=N–C) groups is 1. The van der Waals surface area contributed by atoms with Crippen molar-refractivity contribution in [3.8, 4) is 0 Å². The third-order valence-electron chi connectivity index (χ3n) is 4.85. The predicted octanol–water partition coefficient (Wildman–Crippen LogP) is 3.51. The molecule has 1 fully saturated rings. The van der Waals surface area contributed by atoms with Gasteiger partial charge in [0.1, 0.15) is 11.6 Å². The molecule has 1 aliphatic heterocycles. The fraction of sp³-hybridized carbons (Fsp3) is 0.455. The van der Waals surface area contributed by atoms with E-state index in [2.05, 4.69) is 26.6 Å². The van der Waals surface area contributed by atoms with Gasteiger partial charge in [0.25, 0.3) is 0 Å². The zero-order valence-corrected chi connectivity index (χ0v) is 16.6. The number of hydrogen-bond donors (Lipinski definition) is 2. The molecule has 5 nitrogen and oxygen atoms in total. The van der Waals surface area contributed by atoms with Crippen molar-refractivity contribution in [2.75, 3.05) is 31.1 Å². The third-order valence-corrected chi connectivity index (χ3v) is 4.85. The van der Waals surface area contributed by atoms with E-state index in [4.69, 9.17) is 4.99 Å². The summed E-state index contributed by atoms with van der Waals surface area (Å²) < 4.78 is 13.3. The minimum absolute atomic E-state index is 0.194. The average Bonchev–Trinajstić information content (AvgIpc) is 2.73. The summed E-state index contributed by atoms with van der Waals surface area (Å²) in [4.78, 5) is 11.6. The third kappa shape index (κ3) is 6.22. The number of rotatable bonds is 7. The topological polar surface area (TPSA) is 52.6 Å². The summed E-state index contributed by atoms with van der Waals surface area (Å²) in [6.07, 6.45) is 6.41. The van der Waals surface area contributed by atoms with Crippen LogP contribution in [0.4, 0.5) is 10.2 Å². The monoisotopic (exact) mass is 383 g/mol. The van der Waals surface area contributed by atoms with Crippen molar-refractivity contribution in [1.82, 2.24) is 15.6 Å². The molecule has 2 aromatic rings. The maximum absolute atomic E-state index is 13.3. The molecular formula is C22H30FN5. The summed E-state index contributed by atoms with van der Waals surface area (Å²) >= 11 is 0. The Kier molecular flexibility index (Phi) is 7.64. The number of nitrogens with zero attached hydrogens (tertiary/aromatic N) is 3. The molecule has 2 heterocycles. The van der Waals surface area contributed by atoms with Gasteiger partial charge < -0.3 is 15.5 Å². The summed E-state index contributed by atoms with van der Waals surface area (Å²) in [5.41, 5.74) is 2.13. The highest BCUT2D eigenvalue weighted by atomic mass is 19.1. The minimum atomic E-state index is -0.194. The van der Waals surface area contributed by atoms with Crippen molar-refractivity contribution in [1.29, 1.82) is 0 Å². The molecule has 0 bridgehead atoms. The van der Waals surface area contributed by atoms with Crippen molar-refractivity contribution in [3.05, 3.63) is 59.5 Å². The number of nitrogens with one attached hydrogen (secondary N) is 2. The van der Waals surface area contributed by atoms with Crippen LogP contribution in [0.2, 0.25) is 0 Å². The van der Waals surface area contributed by atoms with Gasteiger partial charge in [0.2, 0.25) is 0 Å². The SMILES string of the molecule is CCNC(=NCc1ccnc(N2CCCCC2)c1)NCCc1cccc(F)c1. The first-order chi connectivity index (χ1) is 13.7. The summed E-state index contributed by atoms with van der Waals surface area (Å²) in [6, 6.07) is 10.9. The Bertz CT molecular complexity index is 771. The smallest absolute Gasteiger partial charge is 0.191 e. The van der Waals surface area contributed by atoms with Crippen LogP contribution in [0.5, 0.6) is 0 Å². The highest BCUT2D eigenvalue weighted by Crippen LogP contribution is 2.18. The van der Waals surface area contributed by atoms with Gasteiger partial charge in [-0.3, -0.25) is 0 Å². The fourth-order valence-electron chi connectivity index (χ4n) is 3.38. The van der Waals surface area contributed by atoms with Crippen LogP contribution in [0.3, 0.4) is 0 Å². The molecule has 0 spiro atoms. The second-order valence-corrected chi connectivity index (χ2v) is 7.07. The standard InChI is InChI=1S/C22H30FN5/c1-2-24-22(26-12-9-18-7-6-8-20(23)15-18)27-17-19-10-11-25-21(16-19)28-13-4-3-5-14-28/h6-8,10-11,15-16H,2-5,9,12-14,17H2,1H3,(H2,24,26,27). The Morgan fingerprint density at radius 1 is 1.11 bits per heavy atom. The van der Waals surface area contributed by atoms with Gasteiger partial charge in [0, 0.05) is 32.4 Å². The lowest BCUT2D eigenvalue weighted by Crippen LogP contribution is -2.38. The largest absolute Gasteiger partial charge is 0.357 e. The maximum Gasteiger partial charge on any atom is 0.191 e. The number of pyridine rings is 1. The molecule has 0 aliphatic carbocycles. The molecule has 0 radical (unpaired) electrons. The first-order valence-corrected chi connectivity index (χ1v) is 10.2. The second-order valence-electron chi connectivity index (χ2n) is 7.07. The van der Waals surface area contributed by atoms with E-state index in [9.17, 15) is 4.39 Å². The molecule has 1 aromatic heterocycles. The van der Waals surface area contributed by atoms with Gasteiger partial charge >= 0.3 is 0 Å². The summed E-state index contributed by atoms with van der Waals surface area (Å²) in [7, 11) is 0. The Labute approximate surface area is 167 Å². The second kappa shape index (κ2) is 10.6. The quantitative estimate of drug-likeness (QED) is 0.568. The average molecular weight is 384 g/mol. The number of guanidine groups is 1. The van der Waals surface area contributed by atoms with Crippen LogP contribution >= 0.6 is 0 Å². The first-order valence-electron chi connectivity index (χ1n) is 10.2. The molecule has 6 heteroatoms. The Morgan fingerprint density at radius 3 is 2.75 bits per heavy atom. The molecule has 0 saturated carbocycles. The lowest BCUT2D eigenvalue weighted by Gasteiger charge is -2.27. The zero-order chi connectivity index (χ0) is 19.6. The van der Waals surface area contributed by atoms with Gasteiger partial charge in [0.05, 0.1) is 6.54 Å². The van der Waals surface area contributed by atoms with E-state index in [0.717, 1.165) is 49.0 Å². The van der Waals surface area contributed by atoms with Crippen molar-refractivity contribution in [3.63, 3.8) is 0 Å². The Morgan fingerprint density at radius 2 is 1.96 bits per heavy atom. The van der Waals surface area contributed by atoms with Crippen molar-refractivity contribution in [2.45, 2.75) is 39.2 Å². The molecule has 28 heavy (non-hydrogen) atoms. The Balaban J connectivity index is 1.56. The van der Waals surface area contributed by atoms with E-state index >= 15 is 0 Å². The van der Waals surface area contributed by atoms with Crippen LogP contribution in [-0.2, 0) is 13.0 Å². The van der Waals surface area contributed by atoms with Crippen LogP contribution in [0.1, 0.15) is 37.3 Å². The molecular weight excluding hydrogens is 353 g/mol. The zero-order valence-electron chi connectivity index (χ0n) is 16.6. The van der Waals surface area contributed by atoms with Crippen LogP contribution in [-0.4, -0.2) is 37.1 Å². The molecule has 150 valence electrons. The molecule has 0 atom stereocenters. The minimum Gasteiger partial charge on any atom is -0.357 e. The lowest BCUT2D eigenvalue weighted by molar-refractivity contribution is 0.573. The molecule has 0 amide bonds. The number of anilines is 1. The molecule has 1 aliphatic rings. The van der Waals surface area contributed by atoms with Crippen LogP contribution in [0.25, 0.3) is 0 Å². The van der Waals surface area contributed by atoms with E-state index in [1.165, 1.54) is 25.3 Å². The molecule has 1 saturated heterocycles. The van der Waals surface area contributed by atoms with Crippen molar-refractivity contribution < 1.29 is 4.39 Å². The fourth-order valence-corrected chi connectivity index (χ4v) is 3.38. The first kappa shape index (κ1) is 20.1. The van der Waals surface area contributed by atoms with Crippen molar-refractivity contribution in [2.24, 2.45) is 4.99 Å². The summed E-state index contributed by atoms with van der Waals surface area (Å²) in [5.74, 6) is 1.63. The van der Waals surface area contributed by atoms with Gasteiger partial charge in [-0.05, 0) is 68.0 Å². The van der Waals surface area contributed by atoms with Gasteiger partial charge in [-0.1, -0.05) is 12.1 Å². The Hall–Kier alpha value is -2.63. The highest BCUT2D eigenvalue weighted by Gasteiger charge is 2.12. The van der Waals surface area contributed by atoms with E-state index in [-0.39, 0.29) is 5.82 Å². The number of piperidine rings is 1. The summed E-state index contributed by atoms with van der Waals surface area (Å²) in [5, 5.41) is 6.59. The van der Waals surface area contributed by atoms with E-state index in [1.54, 1.807) is 12.1 Å². The van der Waals surface area contributed by atoms with Gasteiger partial charge in [-0.2, -0.15) is 0 Å². The molecule has 2 N–H and O–H groups in total. The normalized spacial score (nSPS) is 14.8. The van der Waals surface area contributed by atoms with E-state index in [1.807, 2.05) is 25.3 Å². The number of hydrogen-bond acceptors (Lipinski definition) is 3. The van der Waals surface area contributed by atoms with Gasteiger partial charge in [-0.25, -0.2) is 14.4 Å². The molecule has 1 aromatic carbocycles. The predicted molar refractivity (Wildman–Crippen MR) is 113 cm³/mol. The van der Waals surface area contributed by atoms with Crippen molar-refractivity contribution >= 4 is 11.8 Å². The van der Waals surface area contributed by atoms with E-state index < -0.39 is 0 Å². The molecule has 3 rings (SSSR count). The lowest BCUT2D eigenvalue weighted by atomic mass is 10.1.